The minimum atomic E-state index is -0.866. The van der Waals surface area contributed by atoms with Gasteiger partial charge in [0.05, 0.1) is 29.2 Å². The highest BCUT2D eigenvalue weighted by Gasteiger charge is 2.37. The molecule has 1 aliphatic rings. The van der Waals surface area contributed by atoms with Crippen LogP contribution in [0.5, 0.6) is 0 Å². The van der Waals surface area contributed by atoms with E-state index in [2.05, 4.69) is 16.3 Å². The first kappa shape index (κ1) is 21.5. The van der Waals surface area contributed by atoms with Crippen LogP contribution in [0.1, 0.15) is 42.1 Å². The zero-order valence-electron chi connectivity index (χ0n) is 19.5. The Labute approximate surface area is 201 Å². The summed E-state index contributed by atoms with van der Waals surface area (Å²) in [5.74, 6) is -0.473. The van der Waals surface area contributed by atoms with Gasteiger partial charge in [0.2, 0.25) is 5.91 Å². The van der Waals surface area contributed by atoms with Crippen LogP contribution in [0.3, 0.4) is 0 Å². The fourth-order valence-corrected chi connectivity index (χ4v) is 5.44. The van der Waals surface area contributed by atoms with E-state index >= 15 is 0 Å². The number of primary amides is 1. The summed E-state index contributed by atoms with van der Waals surface area (Å²) in [6.45, 7) is 0.450. The maximum Gasteiger partial charge on any atom is 0.248 e. The molecule has 6 rings (SSSR count). The minimum Gasteiger partial charge on any atom is -0.388 e. The summed E-state index contributed by atoms with van der Waals surface area (Å²) in [5.41, 5.74) is 8.74. The monoisotopic (exact) mass is 469 g/mol. The average molecular weight is 470 g/mol. The van der Waals surface area contributed by atoms with Crippen molar-refractivity contribution < 1.29 is 9.90 Å². The van der Waals surface area contributed by atoms with Crippen LogP contribution in [0, 0.1) is 0 Å². The van der Waals surface area contributed by atoms with Crippen molar-refractivity contribution >= 4 is 27.7 Å². The molecule has 0 bridgehead atoms. The van der Waals surface area contributed by atoms with Crippen LogP contribution in [-0.4, -0.2) is 46.0 Å². The minimum absolute atomic E-state index is 0.0158. The molecule has 0 radical (unpaired) electrons. The van der Waals surface area contributed by atoms with Gasteiger partial charge >= 0.3 is 0 Å². The second kappa shape index (κ2) is 8.06. The number of aliphatic hydroxyl groups is 1. The van der Waals surface area contributed by atoms with Crippen LogP contribution in [0.25, 0.3) is 33.1 Å². The van der Waals surface area contributed by atoms with Gasteiger partial charge in [-0.1, -0.05) is 6.07 Å². The maximum absolute atomic E-state index is 12.0. The first-order valence-corrected chi connectivity index (χ1v) is 11.8. The molecule has 9 heteroatoms. The second-order valence-corrected chi connectivity index (χ2v) is 9.64. The molecule has 0 aliphatic heterocycles. The number of nitrogens with two attached hydrogens (primary N) is 1. The van der Waals surface area contributed by atoms with Gasteiger partial charge in [-0.3, -0.25) is 18.8 Å². The second-order valence-electron chi connectivity index (χ2n) is 9.64. The van der Waals surface area contributed by atoms with E-state index in [0.717, 1.165) is 52.3 Å². The lowest BCUT2D eigenvalue weighted by Gasteiger charge is -2.37. The fourth-order valence-electron chi connectivity index (χ4n) is 5.44. The molecule has 3 N–H and O–H groups in total. The van der Waals surface area contributed by atoms with Crippen molar-refractivity contribution in [3.63, 3.8) is 0 Å². The van der Waals surface area contributed by atoms with Crippen LogP contribution in [0.4, 0.5) is 0 Å². The molecule has 178 valence electrons. The Morgan fingerprint density at radius 3 is 2.91 bits per heavy atom. The Balaban J connectivity index is 1.45. The molecule has 35 heavy (non-hydrogen) atoms. The number of rotatable bonds is 5. The standard InChI is InChI=1S/C26H27N7O2/c1-31-15-19-12-17(5-7-22(19)29-31)24-21-13-18(25(27)34)6-8-23(21)33(30-24)20-4-2-9-26(35,14-20)16-32-11-3-10-28-32/h3,5-8,10-13,15,20,35H,2,4,9,14,16H2,1H3,(H2,27,34). The molecule has 1 saturated carbocycles. The molecule has 3 aromatic heterocycles. The summed E-state index contributed by atoms with van der Waals surface area (Å²) in [5, 5.41) is 27.1. The summed E-state index contributed by atoms with van der Waals surface area (Å²) in [6, 6.07) is 13.4. The largest absolute Gasteiger partial charge is 0.388 e. The number of hydrogen-bond acceptors (Lipinski definition) is 5. The Morgan fingerprint density at radius 2 is 2.11 bits per heavy atom. The molecule has 1 fully saturated rings. The summed E-state index contributed by atoms with van der Waals surface area (Å²) in [6.07, 6.45) is 8.68. The molecule has 9 nitrogen and oxygen atoms in total. The van der Waals surface area contributed by atoms with E-state index in [-0.39, 0.29) is 6.04 Å². The van der Waals surface area contributed by atoms with E-state index in [0.29, 0.717) is 18.5 Å². The fraction of sp³-hybridized carbons (Fsp3) is 0.308. The van der Waals surface area contributed by atoms with Gasteiger partial charge in [-0.25, -0.2) is 0 Å². The summed E-state index contributed by atoms with van der Waals surface area (Å²) < 4.78 is 5.60. The number of amides is 1. The topological polar surface area (TPSA) is 117 Å². The van der Waals surface area contributed by atoms with E-state index in [4.69, 9.17) is 10.8 Å². The first-order chi connectivity index (χ1) is 16.9. The lowest BCUT2D eigenvalue weighted by molar-refractivity contribution is -0.0310. The number of aromatic nitrogens is 6. The van der Waals surface area contributed by atoms with E-state index in [9.17, 15) is 9.90 Å². The molecule has 1 aliphatic carbocycles. The molecule has 5 aromatic rings. The molecule has 1 amide bonds. The molecule has 2 unspecified atom stereocenters. The van der Waals surface area contributed by atoms with Gasteiger partial charge in [-0.2, -0.15) is 15.3 Å². The highest BCUT2D eigenvalue weighted by molar-refractivity contribution is 6.01. The van der Waals surface area contributed by atoms with Crippen LogP contribution in [0.15, 0.2) is 61.1 Å². The lowest BCUT2D eigenvalue weighted by Crippen LogP contribution is -2.40. The van der Waals surface area contributed by atoms with Crippen molar-refractivity contribution in [1.82, 2.24) is 29.3 Å². The third-order valence-corrected chi connectivity index (χ3v) is 7.04. The molecular weight excluding hydrogens is 442 g/mol. The van der Waals surface area contributed by atoms with Crippen molar-refractivity contribution in [1.29, 1.82) is 0 Å². The first-order valence-electron chi connectivity index (χ1n) is 11.8. The predicted octanol–water partition coefficient (Wildman–Crippen LogP) is 3.43. The van der Waals surface area contributed by atoms with Crippen LogP contribution in [-0.2, 0) is 13.6 Å². The zero-order chi connectivity index (χ0) is 24.2. The number of fused-ring (bicyclic) bond motifs is 2. The Morgan fingerprint density at radius 1 is 1.23 bits per heavy atom. The summed E-state index contributed by atoms with van der Waals surface area (Å²) in [7, 11) is 1.90. The third-order valence-electron chi connectivity index (χ3n) is 7.04. The van der Waals surface area contributed by atoms with Gasteiger partial charge < -0.3 is 10.8 Å². The Kier molecular flexibility index (Phi) is 4.96. The van der Waals surface area contributed by atoms with Gasteiger partial charge in [0, 0.05) is 54.0 Å². The van der Waals surface area contributed by atoms with Crippen molar-refractivity contribution in [2.75, 3.05) is 0 Å². The van der Waals surface area contributed by atoms with E-state index in [1.54, 1.807) is 21.6 Å². The lowest BCUT2D eigenvalue weighted by atomic mass is 9.81. The van der Waals surface area contributed by atoms with E-state index in [1.807, 2.05) is 54.5 Å². The predicted molar refractivity (Wildman–Crippen MR) is 133 cm³/mol. The van der Waals surface area contributed by atoms with Crippen molar-refractivity contribution in [3.05, 3.63) is 66.6 Å². The maximum atomic E-state index is 12.0. The van der Waals surface area contributed by atoms with Gasteiger partial charge in [0.25, 0.3) is 0 Å². The molecule has 2 atom stereocenters. The molecule has 3 heterocycles. The van der Waals surface area contributed by atoms with Crippen molar-refractivity contribution in [2.24, 2.45) is 12.8 Å². The van der Waals surface area contributed by atoms with Crippen LogP contribution in [0.2, 0.25) is 0 Å². The summed E-state index contributed by atoms with van der Waals surface area (Å²) >= 11 is 0. The molecule has 2 aromatic carbocycles. The molecule has 0 spiro atoms. The molecular formula is C26H27N7O2. The Bertz CT molecular complexity index is 1550. The van der Waals surface area contributed by atoms with Gasteiger partial charge in [-0.15, -0.1) is 0 Å². The highest BCUT2D eigenvalue weighted by Crippen LogP contribution is 2.40. The number of carbonyl (C=O) groups is 1. The van der Waals surface area contributed by atoms with Crippen LogP contribution >= 0.6 is 0 Å². The quantitative estimate of drug-likeness (QED) is 0.409. The van der Waals surface area contributed by atoms with E-state index in [1.165, 1.54) is 0 Å². The van der Waals surface area contributed by atoms with Gasteiger partial charge in [0.15, 0.2) is 0 Å². The SMILES string of the molecule is Cn1cc2cc(-c3nn(C4CCCC(O)(Cn5cccn5)C4)c4ccc(C(N)=O)cc34)ccc2n1. The molecule has 0 saturated heterocycles. The van der Waals surface area contributed by atoms with Crippen molar-refractivity contribution in [3.8, 4) is 11.3 Å². The van der Waals surface area contributed by atoms with Gasteiger partial charge in [-0.05, 0) is 55.7 Å². The summed E-state index contributed by atoms with van der Waals surface area (Å²) in [4.78, 5) is 12.0. The third kappa shape index (κ3) is 3.87. The highest BCUT2D eigenvalue weighted by atomic mass is 16.3. The number of nitrogens with zero attached hydrogens (tertiary/aromatic N) is 6. The van der Waals surface area contributed by atoms with Crippen molar-refractivity contribution in [2.45, 2.75) is 43.9 Å². The van der Waals surface area contributed by atoms with Crippen LogP contribution < -0.4 is 5.73 Å². The van der Waals surface area contributed by atoms with Gasteiger partial charge in [0.1, 0.15) is 5.69 Å². The number of benzene rings is 2. The number of aryl methyl sites for hydroxylation is 1. The normalized spacial score (nSPS) is 20.6. The zero-order valence-corrected chi connectivity index (χ0v) is 19.5. The average Bonchev–Trinajstić information content (AvgIpc) is 3.55. The Hall–Kier alpha value is -3.98. The number of carbonyl (C=O) groups excluding carboxylic acids is 1. The van der Waals surface area contributed by atoms with E-state index < -0.39 is 11.5 Å². The smallest absolute Gasteiger partial charge is 0.248 e. The number of hydrogen-bond donors (Lipinski definition) is 2.